The van der Waals surface area contributed by atoms with Crippen molar-refractivity contribution in [1.82, 2.24) is 15.5 Å². The van der Waals surface area contributed by atoms with Crippen LogP contribution >= 0.6 is 0 Å². The van der Waals surface area contributed by atoms with E-state index in [-0.39, 0.29) is 5.91 Å². The maximum Gasteiger partial charge on any atom is 0.328 e. The first-order valence-corrected chi connectivity index (χ1v) is 11.5. The van der Waals surface area contributed by atoms with E-state index in [1.165, 1.54) is 5.57 Å². The average molecular weight is 500 g/mol. The van der Waals surface area contributed by atoms with Crippen LogP contribution in [-0.2, 0) is 9.59 Å². The van der Waals surface area contributed by atoms with E-state index in [2.05, 4.69) is 31.9 Å². The molecule has 0 aliphatic carbocycles. The molecule has 5 rings (SSSR count). The number of carbonyl (C=O) groups is 3. The van der Waals surface area contributed by atoms with Gasteiger partial charge >= 0.3 is 11.9 Å². The molecule has 10 heteroatoms. The van der Waals surface area contributed by atoms with E-state index >= 15 is 0 Å². The molecule has 188 valence electrons. The third-order valence-electron chi connectivity index (χ3n) is 5.81. The Morgan fingerprint density at radius 2 is 1.62 bits per heavy atom. The van der Waals surface area contributed by atoms with Gasteiger partial charge in [0, 0.05) is 54.5 Å². The first kappa shape index (κ1) is 25.1. The van der Waals surface area contributed by atoms with Crippen LogP contribution < -0.4 is 15.5 Å². The largest absolute Gasteiger partial charge is 0.478 e. The van der Waals surface area contributed by atoms with Crippen LogP contribution in [-0.4, -0.2) is 57.9 Å². The molecule has 4 N–H and O–H groups in total. The van der Waals surface area contributed by atoms with Crippen LogP contribution in [0.3, 0.4) is 0 Å². The standard InChI is InChI=1S/C23H21N5O.C4H4O4/c29-23(17-4-2-1-3-5-17)25-20-8-6-16(7-9-20)21-10-11-22(27-26-21)28-14-18-12-24-13-19(18)15-28;5-3(6)1-2-4(7)8/h1-12,19,24H,13-15H2,(H,25,29);1-2H,(H,5,6)(H,7,8). The van der Waals surface area contributed by atoms with Gasteiger partial charge in [0.05, 0.1) is 5.69 Å². The van der Waals surface area contributed by atoms with Crippen molar-refractivity contribution in [2.24, 2.45) is 5.92 Å². The lowest BCUT2D eigenvalue weighted by molar-refractivity contribution is -0.134. The van der Waals surface area contributed by atoms with Gasteiger partial charge in [0.1, 0.15) is 0 Å². The Bertz CT molecular complexity index is 1310. The van der Waals surface area contributed by atoms with Gasteiger partial charge in [-0.1, -0.05) is 30.3 Å². The zero-order valence-corrected chi connectivity index (χ0v) is 19.7. The number of carbonyl (C=O) groups excluding carboxylic acids is 1. The Morgan fingerprint density at radius 1 is 0.919 bits per heavy atom. The zero-order valence-electron chi connectivity index (χ0n) is 19.7. The number of anilines is 2. The summed E-state index contributed by atoms with van der Waals surface area (Å²) in [6, 6.07) is 20.9. The summed E-state index contributed by atoms with van der Waals surface area (Å²) in [5, 5.41) is 30.7. The number of aliphatic carboxylic acids is 2. The van der Waals surface area contributed by atoms with Gasteiger partial charge in [0.15, 0.2) is 5.82 Å². The second-order valence-electron chi connectivity index (χ2n) is 8.39. The number of hydrogen-bond donors (Lipinski definition) is 4. The topological polar surface area (TPSA) is 145 Å². The molecule has 0 radical (unpaired) electrons. The maximum absolute atomic E-state index is 12.3. The van der Waals surface area contributed by atoms with Crippen LogP contribution in [0.1, 0.15) is 10.4 Å². The minimum absolute atomic E-state index is 0.122. The summed E-state index contributed by atoms with van der Waals surface area (Å²) in [5.74, 6) is -1.13. The Kier molecular flexibility index (Phi) is 7.89. The highest BCUT2D eigenvalue weighted by atomic mass is 16.4. The molecule has 2 aliphatic rings. The SMILES string of the molecule is O=C(Nc1ccc(-c2ccc(N3CC4=CNCC4C3)nn2)cc1)c1ccccc1.O=C(O)C=CC(=O)O. The molecule has 2 aromatic carbocycles. The lowest BCUT2D eigenvalue weighted by Crippen LogP contribution is -2.24. The number of rotatable bonds is 6. The third-order valence-corrected chi connectivity index (χ3v) is 5.81. The van der Waals surface area contributed by atoms with Crippen molar-refractivity contribution in [3.05, 3.63) is 96.2 Å². The Morgan fingerprint density at radius 3 is 2.22 bits per heavy atom. The second kappa shape index (κ2) is 11.6. The smallest absolute Gasteiger partial charge is 0.328 e. The number of hydrogen-bond acceptors (Lipinski definition) is 7. The fourth-order valence-electron chi connectivity index (χ4n) is 3.97. The van der Waals surface area contributed by atoms with E-state index in [0.717, 1.165) is 42.4 Å². The number of nitrogens with zero attached hydrogens (tertiary/aromatic N) is 3. The lowest BCUT2D eigenvalue weighted by atomic mass is 10.1. The van der Waals surface area contributed by atoms with Gasteiger partial charge in [-0.2, -0.15) is 0 Å². The highest BCUT2D eigenvalue weighted by Gasteiger charge is 2.30. The zero-order chi connectivity index (χ0) is 26.2. The number of carboxylic acid groups (broad SMARTS) is 2. The van der Waals surface area contributed by atoms with Gasteiger partial charge in [-0.05, 0) is 48.2 Å². The molecule has 1 amide bonds. The van der Waals surface area contributed by atoms with Crippen molar-refractivity contribution in [2.45, 2.75) is 0 Å². The molecule has 10 nitrogen and oxygen atoms in total. The predicted molar refractivity (Wildman–Crippen MR) is 138 cm³/mol. The lowest BCUT2D eigenvalue weighted by Gasteiger charge is -2.16. The Hall–Kier alpha value is -4.99. The monoisotopic (exact) mass is 499 g/mol. The van der Waals surface area contributed by atoms with Gasteiger partial charge in [0.2, 0.25) is 0 Å². The minimum Gasteiger partial charge on any atom is -0.478 e. The minimum atomic E-state index is -1.26. The number of nitrogens with one attached hydrogen (secondary N) is 2. The molecule has 0 saturated carbocycles. The van der Waals surface area contributed by atoms with E-state index in [4.69, 9.17) is 10.2 Å². The highest BCUT2D eigenvalue weighted by Crippen LogP contribution is 2.29. The predicted octanol–water partition coefficient (Wildman–Crippen LogP) is 3.03. The molecule has 0 bridgehead atoms. The number of aromatic nitrogens is 2. The molecule has 1 aromatic heterocycles. The molecule has 3 heterocycles. The van der Waals surface area contributed by atoms with E-state index in [1.54, 1.807) is 12.1 Å². The van der Waals surface area contributed by atoms with Crippen molar-refractivity contribution < 1.29 is 24.6 Å². The maximum atomic E-state index is 12.3. The number of carboxylic acids is 2. The van der Waals surface area contributed by atoms with Crippen molar-refractivity contribution in [3.63, 3.8) is 0 Å². The molecule has 1 unspecified atom stereocenters. The molecule has 2 aliphatic heterocycles. The molecule has 37 heavy (non-hydrogen) atoms. The molecule has 0 spiro atoms. The van der Waals surface area contributed by atoms with Crippen LogP contribution in [0.5, 0.6) is 0 Å². The van der Waals surface area contributed by atoms with Crippen LogP contribution in [0.25, 0.3) is 11.3 Å². The van der Waals surface area contributed by atoms with E-state index in [1.807, 2.05) is 54.6 Å². The number of amides is 1. The Balaban J connectivity index is 0.000000349. The van der Waals surface area contributed by atoms with Crippen molar-refractivity contribution in [2.75, 3.05) is 29.9 Å². The average Bonchev–Trinajstić information content (AvgIpc) is 3.52. The van der Waals surface area contributed by atoms with E-state index in [0.29, 0.717) is 23.6 Å². The molecule has 1 atom stereocenters. The fourth-order valence-corrected chi connectivity index (χ4v) is 3.97. The third kappa shape index (κ3) is 6.79. The van der Waals surface area contributed by atoms with Gasteiger partial charge in [0.25, 0.3) is 5.91 Å². The summed E-state index contributed by atoms with van der Waals surface area (Å²) in [4.78, 5) is 33.6. The van der Waals surface area contributed by atoms with Crippen LogP contribution in [0, 0.1) is 5.92 Å². The Labute approximate surface area is 213 Å². The first-order chi connectivity index (χ1) is 17.9. The van der Waals surface area contributed by atoms with Crippen molar-refractivity contribution in [1.29, 1.82) is 0 Å². The summed E-state index contributed by atoms with van der Waals surface area (Å²) < 4.78 is 0. The highest BCUT2D eigenvalue weighted by molar-refractivity contribution is 6.04. The summed E-state index contributed by atoms with van der Waals surface area (Å²) in [6.45, 7) is 2.93. The summed E-state index contributed by atoms with van der Waals surface area (Å²) in [5.41, 5.74) is 4.61. The van der Waals surface area contributed by atoms with E-state index < -0.39 is 11.9 Å². The summed E-state index contributed by atoms with van der Waals surface area (Å²) in [6.07, 6.45) is 3.25. The normalized spacial score (nSPS) is 15.7. The quantitative estimate of drug-likeness (QED) is 0.376. The van der Waals surface area contributed by atoms with Crippen LogP contribution in [0.2, 0.25) is 0 Å². The van der Waals surface area contributed by atoms with Crippen molar-refractivity contribution in [3.8, 4) is 11.3 Å². The molecular formula is C27H25N5O5. The van der Waals surface area contributed by atoms with Crippen LogP contribution in [0.4, 0.5) is 11.5 Å². The number of fused-ring (bicyclic) bond motifs is 1. The van der Waals surface area contributed by atoms with Gasteiger partial charge < -0.3 is 25.7 Å². The second-order valence-corrected chi connectivity index (χ2v) is 8.39. The van der Waals surface area contributed by atoms with Gasteiger partial charge in [-0.15, -0.1) is 10.2 Å². The fraction of sp³-hybridized carbons (Fsp3) is 0.148. The van der Waals surface area contributed by atoms with Gasteiger partial charge in [-0.25, -0.2) is 9.59 Å². The molecular weight excluding hydrogens is 474 g/mol. The van der Waals surface area contributed by atoms with Crippen molar-refractivity contribution >= 4 is 29.4 Å². The van der Waals surface area contributed by atoms with Gasteiger partial charge in [-0.3, -0.25) is 4.79 Å². The molecule has 1 saturated heterocycles. The molecule has 1 fully saturated rings. The summed E-state index contributed by atoms with van der Waals surface area (Å²) >= 11 is 0. The number of benzene rings is 2. The van der Waals surface area contributed by atoms with E-state index in [9.17, 15) is 14.4 Å². The molecule has 3 aromatic rings. The first-order valence-electron chi connectivity index (χ1n) is 11.5. The summed E-state index contributed by atoms with van der Waals surface area (Å²) in [7, 11) is 0. The van der Waals surface area contributed by atoms with Crippen LogP contribution in [0.15, 0.2) is 90.7 Å².